The molecule has 0 aliphatic carbocycles. The van der Waals surface area contributed by atoms with Crippen molar-refractivity contribution in [1.82, 2.24) is 0 Å². The summed E-state index contributed by atoms with van der Waals surface area (Å²) in [4.78, 5) is 0.918. The van der Waals surface area contributed by atoms with Gasteiger partial charge in [-0.25, -0.2) is 4.39 Å². The molecule has 2 nitrogen and oxygen atoms in total. The van der Waals surface area contributed by atoms with Crippen molar-refractivity contribution < 1.29 is 14.2 Å². The number of aliphatic hydroxyl groups excluding tert-OH is 1. The van der Waals surface area contributed by atoms with E-state index < -0.39 is 0 Å². The molecule has 0 unspecified atom stereocenters. The van der Waals surface area contributed by atoms with E-state index in [-0.39, 0.29) is 24.8 Å². The molecule has 0 bridgehead atoms. The first-order valence-corrected chi connectivity index (χ1v) is 6.63. The summed E-state index contributed by atoms with van der Waals surface area (Å²) in [6, 6.07) is 6.62. The normalized spacial score (nSPS) is 9.84. The molecule has 0 fully saturated rings. The summed E-state index contributed by atoms with van der Waals surface area (Å²) in [6.07, 6.45) is 0. The van der Waals surface area contributed by atoms with Crippen LogP contribution in [-0.4, -0.2) is 11.7 Å². The van der Waals surface area contributed by atoms with Crippen molar-refractivity contribution in [2.24, 2.45) is 0 Å². The maximum absolute atomic E-state index is 13.5. The highest BCUT2D eigenvalue weighted by Crippen LogP contribution is 2.22. The summed E-state index contributed by atoms with van der Waals surface area (Å²) in [5.74, 6) is 5.31. The van der Waals surface area contributed by atoms with Gasteiger partial charge in [0.2, 0.25) is 0 Å². The zero-order valence-electron chi connectivity index (χ0n) is 10.4. The number of hydrogen-bond donors (Lipinski definition) is 1. The molecule has 98 valence electrons. The maximum atomic E-state index is 13.5. The zero-order valence-corrected chi connectivity index (χ0v) is 11.3. The van der Waals surface area contributed by atoms with Crippen molar-refractivity contribution in [1.29, 1.82) is 0 Å². The van der Waals surface area contributed by atoms with E-state index in [1.54, 1.807) is 12.1 Å². The van der Waals surface area contributed by atoms with Gasteiger partial charge < -0.3 is 9.84 Å². The van der Waals surface area contributed by atoms with E-state index in [1.807, 2.05) is 18.4 Å². The Balaban J connectivity index is 2.10. The summed E-state index contributed by atoms with van der Waals surface area (Å²) in [5.41, 5.74) is 1.76. The van der Waals surface area contributed by atoms with Gasteiger partial charge in [-0.05, 0) is 36.1 Å². The highest BCUT2D eigenvalue weighted by Gasteiger charge is 2.07. The molecule has 1 heterocycles. The Bertz CT molecular complexity index is 623. The second kappa shape index (κ2) is 6.37. The van der Waals surface area contributed by atoms with E-state index in [1.165, 1.54) is 17.4 Å². The van der Waals surface area contributed by atoms with Crippen molar-refractivity contribution >= 4 is 11.3 Å². The molecular formula is C15H13FO2S. The van der Waals surface area contributed by atoms with E-state index in [4.69, 9.17) is 9.84 Å². The molecule has 2 aromatic rings. The average Bonchev–Trinajstić information content (AvgIpc) is 2.85. The third-order valence-electron chi connectivity index (χ3n) is 2.49. The highest BCUT2D eigenvalue weighted by molar-refractivity contribution is 7.10. The molecule has 0 radical (unpaired) electrons. The topological polar surface area (TPSA) is 29.5 Å². The molecule has 0 aliphatic rings. The lowest BCUT2D eigenvalue weighted by Gasteiger charge is -2.07. The van der Waals surface area contributed by atoms with Crippen LogP contribution in [-0.2, 0) is 6.61 Å². The van der Waals surface area contributed by atoms with Gasteiger partial charge in [-0.15, -0.1) is 11.3 Å². The van der Waals surface area contributed by atoms with Crippen molar-refractivity contribution in [3.63, 3.8) is 0 Å². The molecule has 2 rings (SSSR count). The molecule has 0 saturated carbocycles. The number of ether oxygens (including phenoxy) is 1. The van der Waals surface area contributed by atoms with Crippen LogP contribution >= 0.6 is 11.3 Å². The van der Waals surface area contributed by atoms with E-state index >= 15 is 0 Å². The molecule has 0 atom stereocenters. The van der Waals surface area contributed by atoms with Crippen LogP contribution in [0.2, 0.25) is 0 Å². The zero-order chi connectivity index (χ0) is 13.7. The minimum Gasteiger partial charge on any atom is -0.485 e. The van der Waals surface area contributed by atoms with Crippen molar-refractivity contribution in [3.05, 3.63) is 51.5 Å². The van der Waals surface area contributed by atoms with E-state index in [9.17, 15) is 4.39 Å². The molecule has 0 saturated heterocycles. The molecule has 19 heavy (non-hydrogen) atoms. The van der Waals surface area contributed by atoms with Gasteiger partial charge in [-0.1, -0.05) is 17.9 Å². The molecule has 4 heteroatoms. The first-order valence-electron chi connectivity index (χ1n) is 5.75. The average molecular weight is 276 g/mol. The van der Waals surface area contributed by atoms with Crippen LogP contribution < -0.4 is 4.74 Å². The maximum Gasteiger partial charge on any atom is 0.165 e. The number of rotatable bonds is 3. The van der Waals surface area contributed by atoms with Crippen LogP contribution in [0, 0.1) is 24.6 Å². The molecular weight excluding hydrogens is 263 g/mol. The number of benzene rings is 1. The van der Waals surface area contributed by atoms with Gasteiger partial charge in [0.1, 0.15) is 13.2 Å². The molecule has 0 aliphatic heterocycles. The Hall–Kier alpha value is -1.83. The largest absolute Gasteiger partial charge is 0.485 e. The van der Waals surface area contributed by atoms with Gasteiger partial charge in [-0.2, -0.15) is 0 Å². The van der Waals surface area contributed by atoms with Gasteiger partial charge in [0.25, 0.3) is 0 Å². The monoisotopic (exact) mass is 276 g/mol. The quantitative estimate of drug-likeness (QED) is 0.873. The number of aryl methyl sites for hydroxylation is 1. The minimum atomic E-state index is -0.370. The van der Waals surface area contributed by atoms with Crippen LogP contribution in [0.25, 0.3) is 0 Å². The second-order valence-corrected chi connectivity index (χ2v) is 4.94. The smallest absolute Gasteiger partial charge is 0.165 e. The Morgan fingerprint density at radius 3 is 3.00 bits per heavy atom. The summed E-state index contributed by atoms with van der Waals surface area (Å²) < 4.78 is 19.0. The molecule has 1 aromatic carbocycles. The Labute approximate surface area is 115 Å². The summed E-state index contributed by atoms with van der Waals surface area (Å²) in [6.45, 7) is 1.98. The summed E-state index contributed by atoms with van der Waals surface area (Å²) in [5, 5.41) is 10.6. The number of thiophene rings is 1. The van der Waals surface area contributed by atoms with Crippen LogP contribution in [0.1, 0.15) is 16.0 Å². The van der Waals surface area contributed by atoms with Crippen LogP contribution in [0.15, 0.2) is 29.6 Å². The summed E-state index contributed by atoms with van der Waals surface area (Å²) >= 11 is 1.50. The van der Waals surface area contributed by atoms with Gasteiger partial charge in [-0.3, -0.25) is 0 Å². The van der Waals surface area contributed by atoms with Crippen LogP contribution in [0.4, 0.5) is 4.39 Å². The summed E-state index contributed by atoms with van der Waals surface area (Å²) in [7, 11) is 0. The lowest BCUT2D eigenvalue weighted by atomic mass is 10.2. The standard InChI is InChI=1S/C15H13FO2S/c1-11-4-5-13(16)14(9-11)18-10-15-12(3-2-7-17)6-8-19-15/h4-6,8-9,17H,7,10H2,1H3. The lowest BCUT2D eigenvalue weighted by molar-refractivity contribution is 0.293. The third kappa shape index (κ3) is 3.57. The van der Waals surface area contributed by atoms with Gasteiger partial charge in [0.15, 0.2) is 11.6 Å². The molecule has 1 aromatic heterocycles. The first kappa shape index (κ1) is 13.6. The predicted molar refractivity (Wildman–Crippen MR) is 73.8 cm³/mol. The van der Waals surface area contributed by atoms with Crippen molar-refractivity contribution in [2.45, 2.75) is 13.5 Å². The molecule has 0 spiro atoms. The Morgan fingerprint density at radius 2 is 2.21 bits per heavy atom. The van der Waals surface area contributed by atoms with Crippen LogP contribution in [0.3, 0.4) is 0 Å². The lowest BCUT2D eigenvalue weighted by Crippen LogP contribution is -1.97. The third-order valence-corrected chi connectivity index (χ3v) is 3.39. The highest BCUT2D eigenvalue weighted by atomic mass is 32.1. The van der Waals surface area contributed by atoms with E-state index in [0.717, 1.165) is 16.0 Å². The van der Waals surface area contributed by atoms with E-state index in [2.05, 4.69) is 11.8 Å². The molecule has 1 N–H and O–H groups in total. The number of hydrogen-bond acceptors (Lipinski definition) is 3. The SMILES string of the molecule is Cc1ccc(F)c(OCc2sccc2C#CCO)c1. The fourth-order valence-electron chi connectivity index (χ4n) is 1.56. The van der Waals surface area contributed by atoms with Crippen molar-refractivity contribution in [2.75, 3.05) is 6.61 Å². The van der Waals surface area contributed by atoms with Gasteiger partial charge in [0.05, 0.1) is 4.88 Å². The predicted octanol–water partition coefficient (Wildman–Crippen LogP) is 3.12. The fourth-order valence-corrected chi connectivity index (χ4v) is 2.30. The second-order valence-electron chi connectivity index (χ2n) is 3.94. The number of aliphatic hydroxyl groups is 1. The van der Waals surface area contributed by atoms with E-state index in [0.29, 0.717) is 0 Å². The fraction of sp³-hybridized carbons (Fsp3) is 0.200. The Morgan fingerprint density at radius 1 is 1.37 bits per heavy atom. The van der Waals surface area contributed by atoms with Crippen LogP contribution in [0.5, 0.6) is 5.75 Å². The van der Waals surface area contributed by atoms with Gasteiger partial charge >= 0.3 is 0 Å². The minimum absolute atomic E-state index is 0.178. The van der Waals surface area contributed by atoms with Crippen molar-refractivity contribution in [3.8, 4) is 17.6 Å². The number of halogens is 1. The first-order chi connectivity index (χ1) is 9.20. The molecule has 0 amide bonds. The van der Waals surface area contributed by atoms with Gasteiger partial charge in [0, 0.05) is 5.56 Å². The Kier molecular flexibility index (Phi) is 4.56.